The van der Waals surface area contributed by atoms with Crippen molar-refractivity contribution < 1.29 is 9.15 Å². The first kappa shape index (κ1) is 11.5. The smallest absolute Gasteiger partial charge is 0.146 e. The monoisotopic (exact) mass is 232 g/mol. The molecule has 0 unspecified atom stereocenters. The maximum absolute atomic E-state index is 5.57. The number of hydrogen-bond acceptors (Lipinski definition) is 4. The average molecular weight is 232 g/mol. The van der Waals surface area contributed by atoms with Gasteiger partial charge in [0.05, 0.1) is 24.3 Å². The lowest BCUT2D eigenvalue weighted by molar-refractivity contribution is 0.269. The van der Waals surface area contributed by atoms with Gasteiger partial charge in [-0.3, -0.25) is 4.98 Å². The minimum atomic E-state index is 0.423. The lowest BCUT2D eigenvalue weighted by atomic mass is 10.3. The van der Waals surface area contributed by atoms with Crippen molar-refractivity contribution in [1.82, 2.24) is 4.98 Å². The molecule has 0 aliphatic carbocycles. The molecule has 0 amide bonds. The van der Waals surface area contributed by atoms with Crippen LogP contribution in [0.4, 0.5) is 5.69 Å². The molecule has 17 heavy (non-hydrogen) atoms. The molecule has 0 saturated carbocycles. The minimum absolute atomic E-state index is 0.423. The van der Waals surface area contributed by atoms with Crippen LogP contribution in [0.5, 0.6) is 5.75 Å². The molecule has 90 valence electrons. The van der Waals surface area contributed by atoms with Crippen molar-refractivity contribution in [1.29, 1.82) is 0 Å². The molecule has 0 aliphatic heterocycles. The van der Waals surface area contributed by atoms with Gasteiger partial charge >= 0.3 is 0 Å². The molecule has 0 bridgehead atoms. The molecule has 0 spiro atoms. The van der Waals surface area contributed by atoms with Gasteiger partial charge < -0.3 is 14.5 Å². The molecule has 2 aromatic heterocycles. The Bertz CT molecular complexity index is 440. The zero-order valence-corrected chi connectivity index (χ0v) is 9.85. The summed E-state index contributed by atoms with van der Waals surface area (Å²) >= 11 is 0. The summed E-state index contributed by atoms with van der Waals surface area (Å²) in [5.74, 6) is 1.54. The summed E-state index contributed by atoms with van der Waals surface area (Å²) in [5.41, 5.74) is 0.976. The predicted molar refractivity (Wildman–Crippen MR) is 66.1 cm³/mol. The van der Waals surface area contributed by atoms with Gasteiger partial charge in [-0.25, -0.2) is 0 Å². The summed E-state index contributed by atoms with van der Waals surface area (Å²) < 4.78 is 10.8. The van der Waals surface area contributed by atoms with E-state index in [0.717, 1.165) is 30.2 Å². The predicted octanol–water partition coefficient (Wildman–Crippen LogP) is 3.08. The van der Waals surface area contributed by atoms with Crippen LogP contribution in [-0.4, -0.2) is 11.5 Å². The summed E-state index contributed by atoms with van der Waals surface area (Å²) in [6.07, 6.45) is 6.20. The van der Waals surface area contributed by atoms with E-state index < -0.39 is 0 Å². The third-order valence-electron chi connectivity index (χ3n) is 2.25. The van der Waals surface area contributed by atoms with Crippen LogP contribution in [0.1, 0.15) is 19.1 Å². The van der Waals surface area contributed by atoms with Gasteiger partial charge in [0.25, 0.3) is 0 Å². The Morgan fingerprint density at radius 2 is 2.35 bits per heavy atom. The van der Waals surface area contributed by atoms with E-state index in [1.807, 2.05) is 18.2 Å². The molecule has 0 saturated heterocycles. The number of rotatable bonds is 6. The van der Waals surface area contributed by atoms with Gasteiger partial charge in [-0.1, -0.05) is 6.92 Å². The van der Waals surface area contributed by atoms with Crippen LogP contribution in [-0.2, 0) is 6.61 Å². The quantitative estimate of drug-likeness (QED) is 0.831. The Morgan fingerprint density at radius 1 is 1.41 bits per heavy atom. The topological polar surface area (TPSA) is 47.3 Å². The van der Waals surface area contributed by atoms with E-state index in [1.54, 1.807) is 18.7 Å². The van der Waals surface area contributed by atoms with Crippen molar-refractivity contribution in [3.05, 3.63) is 42.6 Å². The van der Waals surface area contributed by atoms with Crippen molar-refractivity contribution in [2.75, 3.05) is 11.9 Å². The van der Waals surface area contributed by atoms with E-state index in [-0.39, 0.29) is 0 Å². The fourth-order valence-electron chi connectivity index (χ4n) is 1.41. The molecule has 0 radical (unpaired) electrons. The van der Waals surface area contributed by atoms with Crippen LogP contribution >= 0.6 is 0 Å². The molecule has 0 fully saturated rings. The Kier molecular flexibility index (Phi) is 4.02. The second kappa shape index (κ2) is 5.94. The number of hydrogen-bond donors (Lipinski definition) is 1. The number of anilines is 1. The van der Waals surface area contributed by atoms with Crippen LogP contribution in [0.15, 0.2) is 41.3 Å². The number of furan rings is 1. The fraction of sp³-hybridized carbons (Fsp3) is 0.308. The first-order valence-electron chi connectivity index (χ1n) is 5.72. The van der Waals surface area contributed by atoms with Gasteiger partial charge in [-0.05, 0) is 18.6 Å². The molecule has 2 rings (SSSR count). The van der Waals surface area contributed by atoms with Crippen LogP contribution < -0.4 is 10.1 Å². The number of ether oxygens (including phenoxy) is 1. The standard InChI is InChI=1S/C13H16N2O2/c1-2-5-15-11-7-13(9-14-8-11)17-10-12-4-3-6-16-12/h3-4,6-9,15H,2,5,10H2,1H3. The lowest BCUT2D eigenvalue weighted by Gasteiger charge is -2.07. The van der Waals surface area contributed by atoms with Gasteiger partial charge in [-0.15, -0.1) is 0 Å². The Hall–Kier alpha value is -1.97. The Morgan fingerprint density at radius 3 is 3.12 bits per heavy atom. The third kappa shape index (κ3) is 3.52. The molecule has 0 aliphatic rings. The van der Waals surface area contributed by atoms with E-state index in [4.69, 9.17) is 9.15 Å². The minimum Gasteiger partial charge on any atom is -0.484 e. The second-order valence-electron chi connectivity index (χ2n) is 3.70. The molecule has 2 heterocycles. The zero-order valence-electron chi connectivity index (χ0n) is 9.85. The maximum Gasteiger partial charge on any atom is 0.146 e. The lowest BCUT2D eigenvalue weighted by Crippen LogP contribution is -2.01. The Balaban J connectivity index is 1.91. The van der Waals surface area contributed by atoms with Crippen LogP contribution in [0.2, 0.25) is 0 Å². The summed E-state index contributed by atoms with van der Waals surface area (Å²) in [7, 11) is 0. The van der Waals surface area contributed by atoms with Gasteiger partial charge in [0.15, 0.2) is 0 Å². The SMILES string of the molecule is CCCNc1cncc(OCc2ccco2)c1. The highest BCUT2D eigenvalue weighted by molar-refractivity contribution is 5.45. The normalized spacial score (nSPS) is 10.2. The highest BCUT2D eigenvalue weighted by Gasteiger charge is 2.00. The molecule has 4 nitrogen and oxygen atoms in total. The average Bonchev–Trinajstić information content (AvgIpc) is 2.87. The zero-order chi connectivity index (χ0) is 11.9. The number of nitrogens with zero attached hydrogens (tertiary/aromatic N) is 1. The van der Waals surface area contributed by atoms with E-state index in [9.17, 15) is 0 Å². The largest absolute Gasteiger partial charge is 0.484 e. The van der Waals surface area contributed by atoms with Crippen molar-refractivity contribution in [3.8, 4) is 5.75 Å². The van der Waals surface area contributed by atoms with E-state index in [1.165, 1.54) is 0 Å². The van der Waals surface area contributed by atoms with E-state index in [0.29, 0.717) is 6.61 Å². The molecule has 0 aromatic carbocycles. The molecule has 2 aromatic rings. The van der Waals surface area contributed by atoms with Crippen LogP contribution in [0.25, 0.3) is 0 Å². The third-order valence-corrected chi connectivity index (χ3v) is 2.25. The maximum atomic E-state index is 5.57. The number of nitrogens with one attached hydrogen (secondary N) is 1. The second-order valence-corrected chi connectivity index (χ2v) is 3.70. The molecule has 4 heteroatoms. The van der Waals surface area contributed by atoms with Crippen molar-refractivity contribution in [2.45, 2.75) is 20.0 Å². The summed E-state index contributed by atoms with van der Waals surface area (Å²) in [4.78, 5) is 4.12. The van der Waals surface area contributed by atoms with Gasteiger partial charge in [0.1, 0.15) is 18.1 Å². The van der Waals surface area contributed by atoms with Gasteiger partial charge in [-0.2, -0.15) is 0 Å². The van der Waals surface area contributed by atoms with Crippen molar-refractivity contribution in [2.24, 2.45) is 0 Å². The summed E-state index contributed by atoms with van der Waals surface area (Å²) in [6.45, 7) is 3.48. The summed E-state index contributed by atoms with van der Waals surface area (Å²) in [6, 6.07) is 5.66. The first-order chi connectivity index (χ1) is 8.38. The van der Waals surface area contributed by atoms with Gasteiger partial charge in [0, 0.05) is 12.6 Å². The molecule has 1 N–H and O–H groups in total. The molecular weight excluding hydrogens is 216 g/mol. The number of aromatic nitrogens is 1. The van der Waals surface area contributed by atoms with Crippen LogP contribution in [0.3, 0.4) is 0 Å². The van der Waals surface area contributed by atoms with Crippen molar-refractivity contribution >= 4 is 5.69 Å². The fourth-order valence-corrected chi connectivity index (χ4v) is 1.41. The Labute approximate surface area is 101 Å². The van der Waals surface area contributed by atoms with Crippen molar-refractivity contribution in [3.63, 3.8) is 0 Å². The van der Waals surface area contributed by atoms with E-state index >= 15 is 0 Å². The van der Waals surface area contributed by atoms with Gasteiger partial charge in [0.2, 0.25) is 0 Å². The molecule has 0 atom stereocenters. The highest BCUT2D eigenvalue weighted by atomic mass is 16.5. The highest BCUT2D eigenvalue weighted by Crippen LogP contribution is 2.16. The summed E-state index contributed by atoms with van der Waals surface area (Å²) in [5, 5.41) is 3.26. The van der Waals surface area contributed by atoms with E-state index in [2.05, 4.69) is 17.2 Å². The van der Waals surface area contributed by atoms with Crippen LogP contribution in [0, 0.1) is 0 Å². The number of pyridine rings is 1. The first-order valence-corrected chi connectivity index (χ1v) is 5.72. The molecular formula is C13H16N2O2.